The van der Waals surface area contributed by atoms with Gasteiger partial charge in [0.05, 0.1) is 5.25 Å². The molecule has 0 aromatic heterocycles. The summed E-state index contributed by atoms with van der Waals surface area (Å²) in [5.74, 6) is 1.23. The van der Waals surface area contributed by atoms with Crippen LogP contribution in [0.2, 0.25) is 0 Å². The lowest BCUT2D eigenvalue weighted by molar-refractivity contribution is -0.120. The van der Waals surface area contributed by atoms with Crippen LogP contribution in [-0.2, 0) is 4.79 Å². The molecular formula is C8H17NOS. The zero-order valence-corrected chi connectivity index (χ0v) is 8.33. The molecule has 0 radical (unpaired) electrons. The Morgan fingerprint density at radius 3 is 2.64 bits per heavy atom. The van der Waals surface area contributed by atoms with Gasteiger partial charge in [-0.2, -0.15) is 0 Å². The van der Waals surface area contributed by atoms with Crippen molar-refractivity contribution in [2.75, 3.05) is 12.3 Å². The van der Waals surface area contributed by atoms with E-state index in [1.54, 1.807) is 11.8 Å². The first-order valence-corrected chi connectivity index (χ1v) is 5.16. The number of rotatable bonds is 5. The number of hydrogen-bond acceptors (Lipinski definition) is 2. The zero-order valence-electron chi connectivity index (χ0n) is 7.52. The van der Waals surface area contributed by atoms with E-state index < -0.39 is 0 Å². The largest absolute Gasteiger partial charge is 0.355 e. The third kappa shape index (κ3) is 5.13. The fraction of sp³-hybridized carbons (Fsp3) is 0.875. The number of carbonyl (C=O) groups is 1. The van der Waals surface area contributed by atoms with Crippen LogP contribution >= 0.6 is 11.8 Å². The Hall–Kier alpha value is -0.180. The number of hydrogen-bond donors (Lipinski definition) is 1. The van der Waals surface area contributed by atoms with Crippen LogP contribution in [0.1, 0.15) is 27.2 Å². The number of nitrogens with one attached hydrogen (secondary N) is 1. The van der Waals surface area contributed by atoms with E-state index >= 15 is 0 Å². The van der Waals surface area contributed by atoms with Gasteiger partial charge in [-0.1, -0.05) is 6.92 Å². The summed E-state index contributed by atoms with van der Waals surface area (Å²) in [7, 11) is 0. The SMILES string of the molecule is CCCSC(C)C(=O)NCC. The van der Waals surface area contributed by atoms with Crippen LogP contribution in [0, 0.1) is 0 Å². The molecule has 2 nitrogen and oxygen atoms in total. The summed E-state index contributed by atoms with van der Waals surface area (Å²) in [5.41, 5.74) is 0. The third-order valence-electron chi connectivity index (χ3n) is 1.29. The van der Waals surface area contributed by atoms with Gasteiger partial charge in [0.2, 0.25) is 5.91 Å². The van der Waals surface area contributed by atoms with Crippen LogP contribution < -0.4 is 5.32 Å². The second kappa shape index (κ2) is 6.53. The average molecular weight is 175 g/mol. The summed E-state index contributed by atoms with van der Waals surface area (Å²) in [4.78, 5) is 11.1. The van der Waals surface area contributed by atoms with Gasteiger partial charge in [-0.25, -0.2) is 0 Å². The van der Waals surface area contributed by atoms with Crippen LogP contribution in [0.3, 0.4) is 0 Å². The minimum atomic E-state index is 0.106. The van der Waals surface area contributed by atoms with Crippen molar-refractivity contribution in [2.45, 2.75) is 32.4 Å². The standard InChI is InChI=1S/C8H17NOS/c1-4-6-11-7(3)8(10)9-5-2/h7H,4-6H2,1-3H3,(H,9,10). The molecule has 1 amide bonds. The lowest BCUT2D eigenvalue weighted by Crippen LogP contribution is -2.30. The maximum Gasteiger partial charge on any atom is 0.232 e. The summed E-state index contributed by atoms with van der Waals surface area (Å²) < 4.78 is 0. The van der Waals surface area contributed by atoms with Gasteiger partial charge in [0.15, 0.2) is 0 Å². The van der Waals surface area contributed by atoms with Gasteiger partial charge in [-0.15, -0.1) is 11.8 Å². The molecule has 0 aliphatic carbocycles. The number of thioether (sulfide) groups is 1. The minimum Gasteiger partial charge on any atom is -0.355 e. The molecule has 0 bridgehead atoms. The molecule has 0 aromatic carbocycles. The quantitative estimate of drug-likeness (QED) is 0.688. The van der Waals surface area contributed by atoms with Gasteiger partial charge in [-0.3, -0.25) is 4.79 Å². The van der Waals surface area contributed by atoms with Crippen molar-refractivity contribution in [3.05, 3.63) is 0 Å². The normalized spacial score (nSPS) is 12.6. The van der Waals surface area contributed by atoms with Crippen molar-refractivity contribution >= 4 is 17.7 Å². The predicted octanol–water partition coefficient (Wildman–Crippen LogP) is 1.65. The molecule has 66 valence electrons. The summed E-state index contributed by atoms with van der Waals surface area (Å²) >= 11 is 1.71. The highest BCUT2D eigenvalue weighted by atomic mass is 32.2. The average Bonchev–Trinajstić information content (AvgIpc) is 2.00. The second-order valence-corrected chi connectivity index (χ2v) is 3.86. The third-order valence-corrected chi connectivity index (χ3v) is 2.65. The Kier molecular flexibility index (Phi) is 6.42. The number of carbonyl (C=O) groups excluding carboxylic acids is 1. The molecule has 0 saturated carbocycles. The van der Waals surface area contributed by atoms with Gasteiger partial charge in [0, 0.05) is 6.54 Å². The van der Waals surface area contributed by atoms with E-state index in [1.807, 2.05) is 13.8 Å². The van der Waals surface area contributed by atoms with Crippen molar-refractivity contribution in [3.63, 3.8) is 0 Å². The van der Waals surface area contributed by atoms with Crippen molar-refractivity contribution in [3.8, 4) is 0 Å². The maximum atomic E-state index is 11.1. The van der Waals surface area contributed by atoms with E-state index in [0.29, 0.717) is 0 Å². The maximum absolute atomic E-state index is 11.1. The molecule has 0 rings (SSSR count). The fourth-order valence-electron chi connectivity index (χ4n) is 0.688. The summed E-state index contributed by atoms with van der Waals surface area (Å²) in [5, 5.41) is 2.90. The first-order valence-electron chi connectivity index (χ1n) is 4.11. The van der Waals surface area contributed by atoms with Crippen molar-refractivity contribution < 1.29 is 4.79 Å². The predicted molar refractivity (Wildman–Crippen MR) is 50.9 cm³/mol. The Bertz CT molecular complexity index is 117. The Morgan fingerprint density at radius 2 is 2.18 bits per heavy atom. The molecular weight excluding hydrogens is 158 g/mol. The van der Waals surface area contributed by atoms with Crippen molar-refractivity contribution in [1.29, 1.82) is 0 Å². The lowest BCUT2D eigenvalue weighted by Gasteiger charge is -2.09. The Morgan fingerprint density at radius 1 is 1.55 bits per heavy atom. The Balaban J connectivity index is 3.46. The summed E-state index contributed by atoms with van der Waals surface area (Å²) in [6, 6.07) is 0. The van der Waals surface area contributed by atoms with E-state index in [4.69, 9.17) is 0 Å². The highest BCUT2D eigenvalue weighted by Crippen LogP contribution is 2.10. The molecule has 3 heteroatoms. The highest BCUT2D eigenvalue weighted by Gasteiger charge is 2.10. The van der Waals surface area contributed by atoms with Gasteiger partial charge >= 0.3 is 0 Å². The van der Waals surface area contributed by atoms with Crippen LogP contribution in [0.25, 0.3) is 0 Å². The van der Waals surface area contributed by atoms with Crippen molar-refractivity contribution in [2.24, 2.45) is 0 Å². The van der Waals surface area contributed by atoms with Gasteiger partial charge < -0.3 is 5.32 Å². The molecule has 0 saturated heterocycles. The molecule has 0 spiro atoms. The second-order valence-electron chi connectivity index (χ2n) is 2.41. The molecule has 0 aliphatic rings. The zero-order chi connectivity index (χ0) is 8.69. The lowest BCUT2D eigenvalue weighted by atomic mass is 10.4. The van der Waals surface area contributed by atoms with Crippen LogP contribution in [0.4, 0.5) is 0 Å². The van der Waals surface area contributed by atoms with Gasteiger partial charge in [-0.05, 0) is 26.0 Å². The monoisotopic (exact) mass is 175 g/mol. The summed E-state index contributed by atoms with van der Waals surface area (Å²) in [6.45, 7) is 6.74. The minimum absolute atomic E-state index is 0.106. The molecule has 1 unspecified atom stereocenters. The molecule has 0 aromatic rings. The van der Waals surface area contributed by atoms with Crippen molar-refractivity contribution in [1.82, 2.24) is 5.32 Å². The molecule has 0 fully saturated rings. The first-order chi connectivity index (χ1) is 5.22. The molecule has 0 aliphatic heterocycles. The summed E-state index contributed by atoms with van der Waals surface area (Å²) in [6.07, 6.45) is 1.13. The van der Waals surface area contributed by atoms with Gasteiger partial charge in [0.25, 0.3) is 0 Å². The van der Waals surface area contributed by atoms with E-state index in [9.17, 15) is 4.79 Å². The van der Waals surface area contributed by atoms with Crippen LogP contribution in [0.15, 0.2) is 0 Å². The molecule has 0 heterocycles. The van der Waals surface area contributed by atoms with E-state index in [2.05, 4.69) is 12.2 Å². The molecule has 11 heavy (non-hydrogen) atoms. The number of amides is 1. The van der Waals surface area contributed by atoms with E-state index in [1.165, 1.54) is 0 Å². The topological polar surface area (TPSA) is 29.1 Å². The highest BCUT2D eigenvalue weighted by molar-refractivity contribution is 8.00. The van der Waals surface area contributed by atoms with Crippen LogP contribution in [0.5, 0.6) is 0 Å². The smallest absolute Gasteiger partial charge is 0.232 e. The first kappa shape index (κ1) is 10.8. The van der Waals surface area contributed by atoms with E-state index in [0.717, 1.165) is 18.7 Å². The van der Waals surface area contributed by atoms with Gasteiger partial charge in [0.1, 0.15) is 0 Å². The molecule has 1 atom stereocenters. The fourth-order valence-corrected chi connectivity index (χ4v) is 1.51. The van der Waals surface area contributed by atoms with Crippen LogP contribution in [-0.4, -0.2) is 23.5 Å². The molecule has 1 N–H and O–H groups in total. The Labute approximate surface area is 73.1 Å². The van der Waals surface area contributed by atoms with E-state index in [-0.39, 0.29) is 11.2 Å².